The lowest BCUT2D eigenvalue weighted by molar-refractivity contribution is 0.0662. The molecule has 0 radical (unpaired) electrons. The number of fused-ring (bicyclic) bond motifs is 1. The summed E-state index contributed by atoms with van der Waals surface area (Å²) in [5.74, 6) is 0.594. The van der Waals surface area contributed by atoms with Crippen LogP contribution in [0.5, 0.6) is 0 Å². The summed E-state index contributed by atoms with van der Waals surface area (Å²) < 4.78 is 5.33. The fourth-order valence-corrected chi connectivity index (χ4v) is 5.01. The predicted molar refractivity (Wildman–Crippen MR) is 110 cm³/mol. The molecule has 2 fully saturated rings. The molecule has 2 amide bonds. The van der Waals surface area contributed by atoms with E-state index in [1.54, 1.807) is 13.1 Å². The second-order valence-electron chi connectivity index (χ2n) is 8.24. The van der Waals surface area contributed by atoms with Gasteiger partial charge < -0.3 is 19.2 Å². The summed E-state index contributed by atoms with van der Waals surface area (Å²) in [6.07, 6.45) is 3.08. The van der Waals surface area contributed by atoms with Crippen LogP contribution in [-0.4, -0.2) is 51.2 Å². The zero-order valence-corrected chi connectivity index (χ0v) is 17.0. The highest BCUT2D eigenvalue weighted by Crippen LogP contribution is 2.46. The van der Waals surface area contributed by atoms with Crippen molar-refractivity contribution in [2.75, 3.05) is 19.6 Å². The molecule has 7 heteroatoms. The summed E-state index contributed by atoms with van der Waals surface area (Å²) in [6, 6.07) is 11.8. The van der Waals surface area contributed by atoms with E-state index < -0.39 is 0 Å². The molecule has 2 aliphatic rings. The minimum Gasteiger partial charge on any atom is -0.438 e. The number of oxazole rings is 1. The van der Waals surface area contributed by atoms with Crippen LogP contribution in [0.15, 0.2) is 53.4 Å². The second-order valence-corrected chi connectivity index (χ2v) is 8.24. The Morgan fingerprint density at radius 1 is 1.07 bits per heavy atom. The number of carbonyl (C=O) groups is 2. The van der Waals surface area contributed by atoms with E-state index in [0.29, 0.717) is 36.8 Å². The Hall–Kier alpha value is -3.35. The normalized spacial score (nSPS) is 23.1. The second kappa shape index (κ2) is 7.16. The van der Waals surface area contributed by atoms with Gasteiger partial charge in [-0.05, 0) is 37.1 Å². The Morgan fingerprint density at radius 2 is 1.90 bits per heavy atom. The van der Waals surface area contributed by atoms with Gasteiger partial charge in [-0.2, -0.15) is 0 Å². The molecule has 0 spiro atoms. The third kappa shape index (κ3) is 2.93. The molecule has 0 unspecified atom stereocenters. The quantitative estimate of drug-likeness (QED) is 0.727. The van der Waals surface area contributed by atoms with Gasteiger partial charge in [0.05, 0.1) is 11.7 Å². The van der Waals surface area contributed by atoms with E-state index in [0.717, 1.165) is 11.1 Å². The monoisotopic (exact) mass is 404 g/mol. The molecule has 0 aliphatic carbocycles. The molecule has 2 aromatic heterocycles. The van der Waals surface area contributed by atoms with Gasteiger partial charge in [0.15, 0.2) is 6.39 Å². The molecule has 30 heavy (non-hydrogen) atoms. The zero-order valence-electron chi connectivity index (χ0n) is 17.0. The largest absolute Gasteiger partial charge is 0.438 e. The van der Waals surface area contributed by atoms with E-state index in [4.69, 9.17) is 4.42 Å². The number of likely N-dealkylation sites (tertiary alicyclic amines) is 2. The van der Waals surface area contributed by atoms with Crippen molar-refractivity contribution in [2.45, 2.75) is 19.9 Å². The van der Waals surface area contributed by atoms with Crippen LogP contribution in [-0.2, 0) is 0 Å². The Morgan fingerprint density at radius 3 is 2.60 bits per heavy atom. The van der Waals surface area contributed by atoms with Gasteiger partial charge in [0.25, 0.3) is 11.8 Å². The van der Waals surface area contributed by atoms with E-state index in [-0.39, 0.29) is 29.7 Å². The van der Waals surface area contributed by atoms with Gasteiger partial charge in [-0.15, -0.1) is 0 Å². The number of nitrogens with one attached hydrogen (secondary N) is 1. The van der Waals surface area contributed by atoms with E-state index in [2.05, 4.69) is 29.0 Å². The molecule has 154 valence electrons. The molecule has 2 saturated heterocycles. The van der Waals surface area contributed by atoms with Crippen LogP contribution in [0.1, 0.15) is 43.9 Å². The highest BCUT2D eigenvalue weighted by molar-refractivity contribution is 5.94. The molecule has 2 aliphatic heterocycles. The number of aryl methyl sites for hydroxylation is 2. The maximum absolute atomic E-state index is 13.3. The van der Waals surface area contributed by atoms with Crippen molar-refractivity contribution in [3.05, 3.63) is 77.3 Å². The lowest BCUT2D eigenvalue weighted by Gasteiger charge is -2.30. The fourth-order valence-electron chi connectivity index (χ4n) is 5.01. The molecular weight excluding hydrogens is 380 g/mol. The molecule has 0 bridgehead atoms. The lowest BCUT2D eigenvalue weighted by atomic mass is 9.87. The molecule has 1 N–H and O–H groups in total. The van der Waals surface area contributed by atoms with Crippen molar-refractivity contribution >= 4 is 11.8 Å². The SMILES string of the molecule is Cc1ccccc1[C@H]1[C@H]2CN(C(=O)c3ocnc3C)C[C@H]2CN1C(=O)c1ccc[nH]1. The van der Waals surface area contributed by atoms with E-state index in [9.17, 15) is 9.59 Å². The third-order valence-electron chi connectivity index (χ3n) is 6.49. The summed E-state index contributed by atoms with van der Waals surface area (Å²) in [5.41, 5.74) is 3.51. The smallest absolute Gasteiger partial charge is 0.291 e. The first kappa shape index (κ1) is 18.7. The van der Waals surface area contributed by atoms with Gasteiger partial charge >= 0.3 is 0 Å². The Balaban J connectivity index is 1.47. The molecule has 4 heterocycles. The average Bonchev–Trinajstić information content (AvgIpc) is 3.51. The number of H-pyrrole nitrogens is 1. The van der Waals surface area contributed by atoms with Crippen LogP contribution in [0.3, 0.4) is 0 Å². The minimum atomic E-state index is -0.120. The first-order valence-electron chi connectivity index (χ1n) is 10.2. The highest BCUT2D eigenvalue weighted by atomic mass is 16.3. The van der Waals surface area contributed by atoms with Gasteiger partial charge in [0.2, 0.25) is 5.76 Å². The molecule has 0 saturated carbocycles. The van der Waals surface area contributed by atoms with Crippen molar-refractivity contribution in [1.29, 1.82) is 0 Å². The number of aromatic nitrogens is 2. The van der Waals surface area contributed by atoms with Gasteiger partial charge in [-0.1, -0.05) is 24.3 Å². The minimum absolute atomic E-state index is 0.00612. The Bertz CT molecular complexity index is 1090. The van der Waals surface area contributed by atoms with Crippen molar-refractivity contribution in [2.24, 2.45) is 11.8 Å². The zero-order chi connectivity index (χ0) is 20.8. The third-order valence-corrected chi connectivity index (χ3v) is 6.49. The predicted octanol–water partition coefficient (Wildman–Crippen LogP) is 3.21. The first-order valence-corrected chi connectivity index (χ1v) is 10.2. The molecule has 7 nitrogen and oxygen atoms in total. The lowest BCUT2D eigenvalue weighted by Crippen LogP contribution is -2.37. The van der Waals surface area contributed by atoms with Gasteiger partial charge in [0.1, 0.15) is 5.69 Å². The Labute approximate surface area is 174 Å². The standard InChI is InChI=1S/C23H24N4O3/c1-14-6-3-4-7-17(14)20-18-12-26(23(29)21-15(2)25-13-30-21)10-16(18)11-27(20)22(28)19-8-5-9-24-19/h3-9,13,16,18,20,24H,10-12H2,1-2H3/t16-,18-,20-/m0/s1. The summed E-state index contributed by atoms with van der Waals surface area (Å²) in [6.45, 7) is 5.69. The average molecular weight is 404 g/mol. The number of rotatable bonds is 3. The fraction of sp³-hybridized carbons (Fsp3) is 0.348. The number of carbonyl (C=O) groups excluding carboxylic acids is 2. The van der Waals surface area contributed by atoms with Crippen LogP contribution in [0.2, 0.25) is 0 Å². The van der Waals surface area contributed by atoms with Crippen LogP contribution in [0.4, 0.5) is 0 Å². The number of hydrogen-bond donors (Lipinski definition) is 1. The maximum atomic E-state index is 13.3. The van der Waals surface area contributed by atoms with E-state index >= 15 is 0 Å². The number of aromatic amines is 1. The number of nitrogens with zero attached hydrogens (tertiary/aromatic N) is 3. The number of hydrogen-bond acceptors (Lipinski definition) is 4. The topological polar surface area (TPSA) is 82.4 Å². The van der Waals surface area contributed by atoms with E-state index in [1.165, 1.54) is 6.39 Å². The maximum Gasteiger partial charge on any atom is 0.291 e. The molecular formula is C23H24N4O3. The number of amides is 2. The van der Waals surface area contributed by atoms with Crippen molar-refractivity contribution in [1.82, 2.24) is 19.8 Å². The molecule has 3 aromatic rings. The summed E-state index contributed by atoms with van der Waals surface area (Å²) >= 11 is 0. The van der Waals surface area contributed by atoms with Crippen LogP contribution < -0.4 is 0 Å². The summed E-state index contributed by atoms with van der Waals surface area (Å²) in [7, 11) is 0. The van der Waals surface area contributed by atoms with E-state index in [1.807, 2.05) is 34.1 Å². The first-order chi connectivity index (χ1) is 14.5. The van der Waals surface area contributed by atoms with Crippen molar-refractivity contribution in [3.8, 4) is 0 Å². The van der Waals surface area contributed by atoms with Crippen molar-refractivity contribution < 1.29 is 14.0 Å². The van der Waals surface area contributed by atoms with Crippen LogP contribution >= 0.6 is 0 Å². The summed E-state index contributed by atoms with van der Waals surface area (Å²) in [5, 5.41) is 0. The Kier molecular flexibility index (Phi) is 4.46. The van der Waals surface area contributed by atoms with Crippen LogP contribution in [0, 0.1) is 25.7 Å². The number of benzene rings is 1. The van der Waals surface area contributed by atoms with Crippen LogP contribution in [0.25, 0.3) is 0 Å². The van der Waals surface area contributed by atoms with Gasteiger partial charge in [-0.3, -0.25) is 9.59 Å². The molecule has 5 rings (SSSR count). The molecule has 3 atom stereocenters. The van der Waals surface area contributed by atoms with Crippen molar-refractivity contribution in [3.63, 3.8) is 0 Å². The highest BCUT2D eigenvalue weighted by Gasteiger charge is 2.51. The van der Waals surface area contributed by atoms with Gasteiger partial charge in [-0.25, -0.2) is 4.98 Å². The molecule has 1 aromatic carbocycles. The summed E-state index contributed by atoms with van der Waals surface area (Å²) in [4.78, 5) is 37.2. The van der Waals surface area contributed by atoms with Gasteiger partial charge in [0, 0.05) is 37.7 Å².